The Morgan fingerprint density at radius 1 is 1.03 bits per heavy atom. The monoisotopic (exact) mass is 456 g/mol. The number of carbonyl (C=O) groups is 1. The van der Waals surface area contributed by atoms with Crippen LogP contribution in [-0.4, -0.2) is 53.8 Å². The molecule has 4 aromatic heterocycles. The number of fused-ring (bicyclic) bond motifs is 1. The van der Waals surface area contributed by atoms with Gasteiger partial charge in [-0.2, -0.15) is 10.2 Å². The van der Waals surface area contributed by atoms with Gasteiger partial charge in [0.1, 0.15) is 5.82 Å². The Labute approximate surface area is 198 Å². The first kappa shape index (κ1) is 21.9. The molecule has 0 bridgehead atoms. The molecule has 1 aliphatic rings. The number of amides is 1. The van der Waals surface area contributed by atoms with Crippen LogP contribution in [0.1, 0.15) is 51.1 Å². The van der Waals surface area contributed by atoms with Gasteiger partial charge in [0.05, 0.1) is 29.5 Å². The number of piperidine rings is 1. The van der Waals surface area contributed by atoms with E-state index in [1.54, 1.807) is 13.1 Å². The first-order valence-electron chi connectivity index (χ1n) is 11.6. The SMILES string of the molecule is CC(=O)N1CCC(n2cc(-c3cnc4ccc(Nc5cc(C(C)C)cnn5)nc4c3)cn2)CC1. The fraction of sp³-hybridized carbons (Fsp3) is 0.360. The van der Waals surface area contributed by atoms with Gasteiger partial charge in [-0.15, -0.1) is 5.10 Å². The van der Waals surface area contributed by atoms with Crippen molar-refractivity contribution in [2.45, 2.75) is 45.6 Å². The van der Waals surface area contributed by atoms with Gasteiger partial charge < -0.3 is 10.2 Å². The van der Waals surface area contributed by atoms with Crippen LogP contribution in [0.5, 0.6) is 0 Å². The third kappa shape index (κ3) is 4.59. The van der Waals surface area contributed by atoms with Crippen molar-refractivity contribution < 1.29 is 4.79 Å². The molecule has 0 spiro atoms. The molecule has 34 heavy (non-hydrogen) atoms. The number of nitrogens with zero attached hydrogens (tertiary/aromatic N) is 7. The topological polar surface area (TPSA) is 102 Å². The Bertz CT molecular complexity index is 1320. The Balaban J connectivity index is 1.35. The van der Waals surface area contributed by atoms with Gasteiger partial charge >= 0.3 is 0 Å². The normalized spacial score (nSPS) is 14.6. The lowest BCUT2D eigenvalue weighted by molar-refractivity contribution is -0.130. The van der Waals surface area contributed by atoms with E-state index in [-0.39, 0.29) is 5.91 Å². The van der Waals surface area contributed by atoms with E-state index in [4.69, 9.17) is 4.98 Å². The highest BCUT2D eigenvalue weighted by molar-refractivity contribution is 5.81. The zero-order chi connectivity index (χ0) is 23.7. The number of rotatable bonds is 5. The van der Waals surface area contributed by atoms with Crippen molar-refractivity contribution in [3.05, 3.63) is 54.6 Å². The fourth-order valence-corrected chi connectivity index (χ4v) is 4.26. The summed E-state index contributed by atoms with van der Waals surface area (Å²) >= 11 is 0. The molecule has 1 saturated heterocycles. The van der Waals surface area contributed by atoms with Crippen molar-refractivity contribution in [3.63, 3.8) is 0 Å². The third-order valence-corrected chi connectivity index (χ3v) is 6.35. The minimum Gasteiger partial charge on any atom is -0.343 e. The van der Waals surface area contributed by atoms with Crippen LogP contribution in [0, 0.1) is 0 Å². The summed E-state index contributed by atoms with van der Waals surface area (Å²) in [5.41, 5.74) is 4.69. The second-order valence-electron chi connectivity index (χ2n) is 9.06. The molecule has 9 nitrogen and oxygen atoms in total. The standard InChI is InChI=1S/C25H28N8O/c1-16(2)18-11-25(31-27-13-18)30-24-5-4-22-23(29-24)10-19(12-26-22)20-14-28-33(15-20)21-6-8-32(9-7-21)17(3)34/h4-5,10-16,21H,6-9H2,1-3H3,(H,29,30,31). The van der Waals surface area contributed by atoms with Gasteiger partial charge in [0, 0.05) is 43.5 Å². The van der Waals surface area contributed by atoms with E-state index < -0.39 is 0 Å². The molecule has 5 heterocycles. The summed E-state index contributed by atoms with van der Waals surface area (Å²) in [5.74, 6) is 1.87. The van der Waals surface area contributed by atoms with E-state index in [0.29, 0.717) is 23.6 Å². The summed E-state index contributed by atoms with van der Waals surface area (Å²) in [4.78, 5) is 22.8. The Morgan fingerprint density at radius 3 is 2.62 bits per heavy atom. The van der Waals surface area contributed by atoms with E-state index in [1.807, 2.05) is 46.2 Å². The number of aromatic nitrogens is 6. The molecule has 1 amide bonds. The second-order valence-corrected chi connectivity index (χ2v) is 9.06. The molecular weight excluding hydrogens is 428 g/mol. The van der Waals surface area contributed by atoms with Crippen molar-refractivity contribution in [2.24, 2.45) is 0 Å². The number of nitrogens with one attached hydrogen (secondary N) is 1. The van der Waals surface area contributed by atoms with E-state index in [1.165, 1.54) is 0 Å². The Morgan fingerprint density at radius 2 is 1.85 bits per heavy atom. The Kier molecular flexibility index (Phi) is 5.91. The highest BCUT2D eigenvalue weighted by Crippen LogP contribution is 2.27. The molecule has 174 valence electrons. The first-order chi connectivity index (χ1) is 16.5. The van der Waals surface area contributed by atoms with Gasteiger partial charge in [-0.25, -0.2) is 4.98 Å². The zero-order valence-corrected chi connectivity index (χ0v) is 19.6. The number of hydrogen-bond donors (Lipinski definition) is 1. The van der Waals surface area contributed by atoms with Crippen LogP contribution in [0.25, 0.3) is 22.2 Å². The summed E-state index contributed by atoms with van der Waals surface area (Å²) in [7, 11) is 0. The van der Waals surface area contributed by atoms with E-state index in [2.05, 4.69) is 45.6 Å². The van der Waals surface area contributed by atoms with Crippen LogP contribution in [-0.2, 0) is 4.79 Å². The van der Waals surface area contributed by atoms with Crippen molar-refractivity contribution in [3.8, 4) is 11.1 Å². The smallest absolute Gasteiger partial charge is 0.219 e. The van der Waals surface area contributed by atoms with Crippen LogP contribution in [0.15, 0.2) is 49.1 Å². The lowest BCUT2D eigenvalue weighted by Crippen LogP contribution is -2.37. The lowest BCUT2D eigenvalue weighted by atomic mass is 10.1. The minimum atomic E-state index is 0.142. The van der Waals surface area contributed by atoms with Crippen LogP contribution in [0.4, 0.5) is 11.6 Å². The maximum Gasteiger partial charge on any atom is 0.219 e. The molecule has 0 saturated carbocycles. The predicted molar refractivity (Wildman–Crippen MR) is 131 cm³/mol. The molecule has 0 aromatic carbocycles. The van der Waals surface area contributed by atoms with Crippen LogP contribution in [0.2, 0.25) is 0 Å². The highest BCUT2D eigenvalue weighted by atomic mass is 16.2. The molecular formula is C25H28N8O. The third-order valence-electron chi connectivity index (χ3n) is 6.35. The molecule has 5 rings (SSSR count). The van der Waals surface area contributed by atoms with Crippen LogP contribution < -0.4 is 5.32 Å². The molecule has 4 aromatic rings. The number of pyridine rings is 2. The molecule has 1 aliphatic heterocycles. The number of hydrogen-bond acceptors (Lipinski definition) is 7. The summed E-state index contributed by atoms with van der Waals surface area (Å²) in [6.07, 6.45) is 9.39. The van der Waals surface area contributed by atoms with Crippen LogP contribution in [0.3, 0.4) is 0 Å². The van der Waals surface area contributed by atoms with Crippen LogP contribution >= 0.6 is 0 Å². The number of carbonyl (C=O) groups excluding carboxylic acids is 1. The summed E-state index contributed by atoms with van der Waals surface area (Å²) in [6, 6.07) is 8.16. The number of likely N-dealkylation sites (tertiary alicyclic amines) is 1. The molecule has 0 radical (unpaired) electrons. The minimum absolute atomic E-state index is 0.142. The van der Waals surface area contributed by atoms with Gasteiger partial charge in [0.2, 0.25) is 5.91 Å². The average molecular weight is 457 g/mol. The van der Waals surface area contributed by atoms with Gasteiger partial charge in [-0.05, 0) is 48.6 Å². The summed E-state index contributed by atoms with van der Waals surface area (Å²) in [6.45, 7) is 7.43. The molecule has 9 heteroatoms. The van der Waals surface area contributed by atoms with E-state index in [0.717, 1.165) is 53.7 Å². The van der Waals surface area contributed by atoms with Gasteiger partial charge in [-0.1, -0.05) is 13.8 Å². The average Bonchev–Trinajstić information content (AvgIpc) is 3.34. The zero-order valence-electron chi connectivity index (χ0n) is 19.6. The maximum atomic E-state index is 11.6. The lowest BCUT2D eigenvalue weighted by Gasteiger charge is -2.31. The molecule has 0 aliphatic carbocycles. The summed E-state index contributed by atoms with van der Waals surface area (Å²) < 4.78 is 2.02. The van der Waals surface area contributed by atoms with E-state index in [9.17, 15) is 4.79 Å². The molecule has 1 N–H and O–H groups in total. The van der Waals surface area contributed by atoms with Gasteiger partial charge in [0.15, 0.2) is 5.82 Å². The molecule has 1 fully saturated rings. The van der Waals surface area contributed by atoms with E-state index >= 15 is 0 Å². The van der Waals surface area contributed by atoms with Crippen molar-refractivity contribution >= 4 is 28.6 Å². The predicted octanol–water partition coefficient (Wildman–Crippen LogP) is 4.33. The van der Waals surface area contributed by atoms with Crippen molar-refractivity contribution in [2.75, 3.05) is 18.4 Å². The first-order valence-corrected chi connectivity index (χ1v) is 11.6. The second kappa shape index (κ2) is 9.17. The van der Waals surface area contributed by atoms with Gasteiger partial charge in [-0.3, -0.25) is 14.5 Å². The quantitative estimate of drug-likeness (QED) is 0.477. The van der Waals surface area contributed by atoms with Crippen molar-refractivity contribution in [1.29, 1.82) is 0 Å². The summed E-state index contributed by atoms with van der Waals surface area (Å²) in [5, 5.41) is 16.1. The molecule has 0 unspecified atom stereocenters. The molecule has 0 atom stereocenters. The fourth-order valence-electron chi connectivity index (χ4n) is 4.26. The largest absolute Gasteiger partial charge is 0.343 e. The van der Waals surface area contributed by atoms with Crippen molar-refractivity contribution in [1.82, 2.24) is 34.8 Å². The number of anilines is 2. The maximum absolute atomic E-state index is 11.6. The highest BCUT2D eigenvalue weighted by Gasteiger charge is 2.22. The van der Waals surface area contributed by atoms with Gasteiger partial charge in [0.25, 0.3) is 0 Å². The Hall–Kier alpha value is -3.88.